The monoisotopic (exact) mass is 273 g/mol. The summed E-state index contributed by atoms with van der Waals surface area (Å²) in [7, 11) is 0. The third-order valence-corrected chi connectivity index (χ3v) is 2.48. The zero-order chi connectivity index (χ0) is 14.8. The second-order valence-corrected chi connectivity index (χ2v) is 4.04. The second-order valence-electron chi connectivity index (χ2n) is 4.04. The molecule has 20 heavy (non-hydrogen) atoms. The maximum absolute atomic E-state index is 10.6. The van der Waals surface area contributed by atoms with Gasteiger partial charge in [0.1, 0.15) is 0 Å². The van der Waals surface area contributed by atoms with Gasteiger partial charge in [-0.3, -0.25) is 4.79 Å². The van der Waals surface area contributed by atoms with E-state index in [1.807, 2.05) is 47.3 Å². The quantitative estimate of drug-likeness (QED) is 0.629. The van der Waals surface area contributed by atoms with Crippen LogP contribution in [0.3, 0.4) is 0 Å². The van der Waals surface area contributed by atoms with E-state index in [4.69, 9.17) is 15.0 Å². The number of aromatic nitrogens is 1. The standard InChI is InChI=1S/C14H13NO2.CH2O2/c16-14(17)9-13-7-4-8-15(11-13)10-12-5-2-1-3-6-12;2-1-3/h1-8,11H,9-10H2;1H,(H,2,3). The summed E-state index contributed by atoms with van der Waals surface area (Å²) >= 11 is 0. The van der Waals surface area contributed by atoms with Crippen LogP contribution in [0, 0.1) is 0 Å². The summed E-state index contributed by atoms with van der Waals surface area (Å²) in [6, 6.07) is 13.8. The lowest BCUT2D eigenvalue weighted by molar-refractivity contribution is -0.688. The highest BCUT2D eigenvalue weighted by molar-refractivity contribution is 5.69. The van der Waals surface area contributed by atoms with Gasteiger partial charge in [-0.25, -0.2) is 4.57 Å². The molecule has 2 rings (SSSR count). The second kappa shape index (κ2) is 8.42. The molecule has 0 bridgehead atoms. The van der Waals surface area contributed by atoms with Gasteiger partial charge >= 0.3 is 5.97 Å². The number of aliphatic carboxylic acids is 1. The van der Waals surface area contributed by atoms with Gasteiger partial charge in [-0.2, -0.15) is 0 Å². The molecule has 104 valence electrons. The molecule has 1 heterocycles. The van der Waals surface area contributed by atoms with Crippen molar-refractivity contribution in [2.75, 3.05) is 0 Å². The number of pyridine rings is 1. The van der Waals surface area contributed by atoms with E-state index >= 15 is 0 Å². The highest BCUT2D eigenvalue weighted by Gasteiger charge is 2.06. The topological polar surface area (TPSA) is 81.3 Å². The molecule has 1 aromatic carbocycles. The molecule has 0 atom stereocenters. The molecule has 2 aromatic rings. The van der Waals surface area contributed by atoms with Crippen molar-refractivity contribution in [1.82, 2.24) is 0 Å². The Hall–Kier alpha value is -2.69. The van der Waals surface area contributed by atoms with Crippen LogP contribution < -0.4 is 9.67 Å². The molecule has 0 radical (unpaired) electrons. The molecule has 0 fully saturated rings. The van der Waals surface area contributed by atoms with Crippen LogP contribution in [0.15, 0.2) is 54.9 Å². The first-order valence-electron chi connectivity index (χ1n) is 5.95. The van der Waals surface area contributed by atoms with Gasteiger partial charge in [-0.05, 0) is 6.07 Å². The summed E-state index contributed by atoms with van der Waals surface area (Å²) in [5, 5.41) is 17.0. The first-order valence-corrected chi connectivity index (χ1v) is 5.95. The Morgan fingerprint density at radius 2 is 1.75 bits per heavy atom. The van der Waals surface area contributed by atoms with Crippen molar-refractivity contribution in [3.63, 3.8) is 0 Å². The van der Waals surface area contributed by atoms with Gasteiger partial charge in [-0.15, -0.1) is 0 Å². The fourth-order valence-electron chi connectivity index (χ4n) is 1.75. The Balaban J connectivity index is 0.000000612. The molecular weight excluding hydrogens is 258 g/mol. The van der Waals surface area contributed by atoms with E-state index in [1.54, 1.807) is 0 Å². The Labute approximate surface area is 116 Å². The molecule has 0 saturated heterocycles. The van der Waals surface area contributed by atoms with Crippen molar-refractivity contribution in [3.8, 4) is 0 Å². The molecule has 1 N–H and O–H groups in total. The van der Waals surface area contributed by atoms with Gasteiger partial charge in [0.2, 0.25) is 0 Å². The van der Waals surface area contributed by atoms with Crippen LogP contribution in [0.1, 0.15) is 11.1 Å². The van der Waals surface area contributed by atoms with Crippen LogP contribution >= 0.6 is 0 Å². The number of hydrogen-bond acceptors (Lipinski definition) is 3. The number of rotatable bonds is 4. The van der Waals surface area contributed by atoms with Crippen LogP contribution in [0.5, 0.6) is 0 Å². The summed E-state index contributed by atoms with van der Waals surface area (Å²) in [5.74, 6) is -0.803. The molecular formula is C15H15NO4. The van der Waals surface area contributed by atoms with Crippen molar-refractivity contribution < 1.29 is 24.4 Å². The summed E-state index contributed by atoms with van der Waals surface area (Å²) in [6.45, 7) is 0.258. The number of benzene rings is 1. The molecule has 0 spiro atoms. The third kappa shape index (κ3) is 5.77. The van der Waals surface area contributed by atoms with Gasteiger partial charge < -0.3 is 15.0 Å². The maximum atomic E-state index is 10.6. The molecule has 0 unspecified atom stereocenters. The first-order chi connectivity index (χ1) is 9.65. The number of carbonyl (C=O) groups is 2. The molecule has 0 aliphatic carbocycles. The van der Waals surface area contributed by atoms with E-state index in [-0.39, 0.29) is 6.42 Å². The average Bonchev–Trinajstić information content (AvgIpc) is 2.40. The molecule has 0 aliphatic rings. The van der Waals surface area contributed by atoms with Crippen LogP contribution in [-0.4, -0.2) is 17.5 Å². The summed E-state index contributed by atoms with van der Waals surface area (Å²) in [4.78, 5) is 18.9. The van der Waals surface area contributed by atoms with Crippen LogP contribution in [0.2, 0.25) is 0 Å². The van der Waals surface area contributed by atoms with Gasteiger partial charge in [0, 0.05) is 23.7 Å². The van der Waals surface area contributed by atoms with Gasteiger partial charge in [0.15, 0.2) is 18.9 Å². The lowest BCUT2D eigenvalue weighted by atomic mass is 10.2. The van der Waals surface area contributed by atoms with Crippen LogP contribution in [-0.2, 0) is 22.6 Å². The highest BCUT2D eigenvalue weighted by Crippen LogP contribution is 2.00. The third-order valence-electron chi connectivity index (χ3n) is 2.48. The number of carboxylic acids is 1. The van der Waals surface area contributed by atoms with Gasteiger partial charge in [-0.1, -0.05) is 30.3 Å². The first kappa shape index (κ1) is 15.4. The summed E-state index contributed by atoms with van der Waals surface area (Å²) < 4.78 is 1.99. The normalized spacial score (nSPS) is 9.20. The fraction of sp³-hybridized carbons (Fsp3) is 0.133. The van der Waals surface area contributed by atoms with Crippen molar-refractivity contribution in [3.05, 3.63) is 66.0 Å². The molecule has 0 saturated carbocycles. The van der Waals surface area contributed by atoms with E-state index in [0.29, 0.717) is 0 Å². The molecule has 0 amide bonds. The summed E-state index contributed by atoms with van der Waals surface area (Å²) in [6.07, 6.45) is 3.88. The summed E-state index contributed by atoms with van der Waals surface area (Å²) in [5.41, 5.74) is 2.01. The van der Waals surface area contributed by atoms with E-state index in [2.05, 4.69) is 12.1 Å². The zero-order valence-electron chi connectivity index (χ0n) is 10.8. The fourth-order valence-corrected chi connectivity index (χ4v) is 1.75. The largest absolute Gasteiger partial charge is 0.554 e. The van der Waals surface area contributed by atoms with E-state index in [9.17, 15) is 4.79 Å². The Kier molecular flexibility index (Phi) is 6.47. The average molecular weight is 273 g/mol. The van der Waals surface area contributed by atoms with Crippen LogP contribution in [0.4, 0.5) is 0 Å². The number of carbonyl (C=O) groups excluding carboxylic acids is 1. The Morgan fingerprint density at radius 1 is 1.15 bits per heavy atom. The maximum Gasteiger partial charge on any atom is 0.308 e. The van der Waals surface area contributed by atoms with E-state index < -0.39 is 12.4 Å². The Bertz CT molecular complexity index is 555. The Morgan fingerprint density at radius 3 is 2.35 bits per heavy atom. The minimum Gasteiger partial charge on any atom is -0.554 e. The van der Waals surface area contributed by atoms with Crippen LogP contribution in [0.25, 0.3) is 0 Å². The molecule has 0 aliphatic heterocycles. The zero-order valence-corrected chi connectivity index (χ0v) is 10.8. The minimum absolute atomic E-state index is 0.0651. The van der Waals surface area contributed by atoms with Crippen molar-refractivity contribution in [2.45, 2.75) is 13.0 Å². The SMILES string of the molecule is O=C(O)Cc1ccc[n+](Cc2ccccc2)c1.O=C[O-]. The number of nitrogens with zero attached hydrogens (tertiary/aromatic N) is 1. The number of carboxylic acid groups (broad SMARTS) is 2. The lowest BCUT2D eigenvalue weighted by Gasteiger charge is -1.99. The van der Waals surface area contributed by atoms with E-state index in [0.717, 1.165) is 12.1 Å². The van der Waals surface area contributed by atoms with Crippen molar-refractivity contribution in [2.24, 2.45) is 0 Å². The smallest absolute Gasteiger partial charge is 0.308 e. The minimum atomic E-state index is -0.803. The van der Waals surface area contributed by atoms with Crippen molar-refractivity contribution >= 4 is 12.4 Å². The van der Waals surface area contributed by atoms with Gasteiger partial charge in [0.05, 0.1) is 6.42 Å². The molecule has 5 nitrogen and oxygen atoms in total. The number of hydrogen-bond donors (Lipinski definition) is 1. The van der Waals surface area contributed by atoms with Gasteiger partial charge in [0.25, 0.3) is 0 Å². The van der Waals surface area contributed by atoms with Crippen molar-refractivity contribution in [1.29, 1.82) is 0 Å². The predicted octanol–water partition coefficient (Wildman–Crippen LogP) is 0.0156. The lowest BCUT2D eigenvalue weighted by Crippen LogP contribution is -2.34. The highest BCUT2D eigenvalue weighted by atomic mass is 16.4. The van der Waals surface area contributed by atoms with E-state index in [1.165, 1.54) is 5.56 Å². The molecule has 5 heteroatoms. The predicted molar refractivity (Wildman–Crippen MR) is 69.6 cm³/mol. The molecule has 1 aromatic heterocycles.